The Balaban J connectivity index is 2.14. The third-order valence-corrected chi connectivity index (χ3v) is 2.87. The van der Waals surface area contributed by atoms with Crippen molar-refractivity contribution in [1.82, 2.24) is 0 Å². The zero-order valence-electron chi connectivity index (χ0n) is 10.5. The molecule has 0 atom stereocenters. The SMILES string of the molecule is Cc1c(OCc2ccc(O)cc2)ccc(C=O)c1O. The molecule has 0 aromatic heterocycles. The minimum atomic E-state index is -0.0572. The maximum atomic E-state index is 10.7. The van der Waals surface area contributed by atoms with Crippen molar-refractivity contribution in [1.29, 1.82) is 0 Å². The molecule has 2 N–H and O–H groups in total. The van der Waals surface area contributed by atoms with Gasteiger partial charge in [-0.25, -0.2) is 0 Å². The number of benzene rings is 2. The molecule has 19 heavy (non-hydrogen) atoms. The van der Waals surface area contributed by atoms with Crippen molar-refractivity contribution >= 4 is 6.29 Å². The molecule has 98 valence electrons. The second-order valence-corrected chi connectivity index (χ2v) is 4.20. The quantitative estimate of drug-likeness (QED) is 0.827. The summed E-state index contributed by atoms with van der Waals surface area (Å²) in [4.78, 5) is 10.7. The third-order valence-electron chi connectivity index (χ3n) is 2.87. The summed E-state index contributed by atoms with van der Waals surface area (Å²) in [7, 11) is 0. The second-order valence-electron chi connectivity index (χ2n) is 4.20. The van der Waals surface area contributed by atoms with Crippen LogP contribution in [-0.4, -0.2) is 16.5 Å². The number of rotatable bonds is 4. The van der Waals surface area contributed by atoms with E-state index in [0.717, 1.165) is 5.56 Å². The van der Waals surface area contributed by atoms with Crippen LogP contribution in [0.3, 0.4) is 0 Å². The van der Waals surface area contributed by atoms with Crippen LogP contribution in [0.2, 0.25) is 0 Å². The molecule has 2 aromatic carbocycles. The van der Waals surface area contributed by atoms with Crippen LogP contribution in [0.4, 0.5) is 0 Å². The molecular weight excluding hydrogens is 244 g/mol. The molecule has 0 spiro atoms. The first-order valence-corrected chi connectivity index (χ1v) is 5.80. The van der Waals surface area contributed by atoms with Crippen LogP contribution in [0.1, 0.15) is 21.5 Å². The van der Waals surface area contributed by atoms with Crippen molar-refractivity contribution in [2.45, 2.75) is 13.5 Å². The van der Waals surface area contributed by atoms with E-state index in [1.807, 2.05) is 0 Å². The van der Waals surface area contributed by atoms with Crippen LogP contribution < -0.4 is 4.74 Å². The fourth-order valence-electron chi connectivity index (χ4n) is 1.71. The van der Waals surface area contributed by atoms with Crippen molar-refractivity contribution in [2.24, 2.45) is 0 Å². The molecule has 0 bridgehead atoms. The first-order valence-electron chi connectivity index (χ1n) is 5.80. The van der Waals surface area contributed by atoms with Gasteiger partial charge in [0, 0.05) is 5.56 Å². The summed E-state index contributed by atoms with van der Waals surface area (Å²) in [6, 6.07) is 9.84. The Kier molecular flexibility index (Phi) is 3.71. The number of hydrogen-bond donors (Lipinski definition) is 2. The van der Waals surface area contributed by atoms with Gasteiger partial charge in [0.2, 0.25) is 0 Å². The number of phenols is 2. The van der Waals surface area contributed by atoms with Gasteiger partial charge in [0.05, 0.1) is 5.56 Å². The number of hydrogen-bond acceptors (Lipinski definition) is 4. The van der Waals surface area contributed by atoms with Gasteiger partial charge in [-0.15, -0.1) is 0 Å². The number of carbonyl (C=O) groups excluding carboxylic acids is 1. The fraction of sp³-hybridized carbons (Fsp3) is 0.133. The Hall–Kier alpha value is -2.49. The molecule has 4 heteroatoms. The lowest BCUT2D eigenvalue weighted by atomic mass is 10.1. The Morgan fingerprint density at radius 1 is 1.11 bits per heavy atom. The van der Waals surface area contributed by atoms with Crippen LogP contribution in [0.25, 0.3) is 0 Å². The Morgan fingerprint density at radius 3 is 2.42 bits per heavy atom. The van der Waals surface area contributed by atoms with Gasteiger partial charge in [-0.05, 0) is 36.8 Å². The zero-order chi connectivity index (χ0) is 13.8. The van der Waals surface area contributed by atoms with E-state index in [-0.39, 0.29) is 17.1 Å². The van der Waals surface area contributed by atoms with E-state index < -0.39 is 0 Å². The second kappa shape index (κ2) is 5.44. The molecule has 0 aliphatic rings. The summed E-state index contributed by atoms with van der Waals surface area (Å²) in [6.45, 7) is 2.01. The molecule has 0 aliphatic carbocycles. The van der Waals surface area contributed by atoms with Crippen molar-refractivity contribution in [3.8, 4) is 17.2 Å². The largest absolute Gasteiger partial charge is 0.508 e. The smallest absolute Gasteiger partial charge is 0.153 e. The van der Waals surface area contributed by atoms with Crippen LogP contribution >= 0.6 is 0 Å². The predicted molar refractivity (Wildman–Crippen MR) is 70.7 cm³/mol. The summed E-state index contributed by atoms with van der Waals surface area (Å²) in [5.74, 6) is 0.669. The van der Waals surface area contributed by atoms with E-state index >= 15 is 0 Å². The number of ether oxygens (including phenoxy) is 1. The van der Waals surface area contributed by atoms with Crippen molar-refractivity contribution in [3.63, 3.8) is 0 Å². The highest BCUT2D eigenvalue weighted by molar-refractivity contribution is 5.80. The molecule has 0 aliphatic heterocycles. The summed E-state index contributed by atoms with van der Waals surface area (Å²) in [6.07, 6.45) is 0.603. The Bertz CT molecular complexity index is 588. The van der Waals surface area contributed by atoms with E-state index in [1.54, 1.807) is 37.3 Å². The average Bonchev–Trinajstić information content (AvgIpc) is 2.42. The topological polar surface area (TPSA) is 66.8 Å². The summed E-state index contributed by atoms with van der Waals surface area (Å²) < 4.78 is 5.59. The van der Waals surface area contributed by atoms with Gasteiger partial charge in [0.15, 0.2) is 6.29 Å². The summed E-state index contributed by atoms with van der Waals surface area (Å²) >= 11 is 0. The molecular formula is C15H14O4. The first kappa shape index (κ1) is 13.0. The van der Waals surface area contributed by atoms with Gasteiger partial charge in [-0.3, -0.25) is 4.79 Å². The maximum absolute atomic E-state index is 10.7. The number of phenolic OH excluding ortho intramolecular Hbond substituents is 2. The normalized spacial score (nSPS) is 10.2. The van der Waals surface area contributed by atoms with Crippen LogP contribution in [0.5, 0.6) is 17.2 Å². The van der Waals surface area contributed by atoms with Gasteiger partial charge < -0.3 is 14.9 Å². The lowest BCUT2D eigenvalue weighted by Crippen LogP contribution is -1.98. The lowest BCUT2D eigenvalue weighted by Gasteiger charge is -2.11. The molecule has 0 saturated carbocycles. The Labute approximate surface area is 110 Å². The van der Waals surface area contributed by atoms with Gasteiger partial charge in [0.1, 0.15) is 23.9 Å². The summed E-state index contributed by atoms with van der Waals surface area (Å²) in [5.41, 5.74) is 1.68. The Morgan fingerprint density at radius 2 is 1.79 bits per heavy atom. The highest BCUT2D eigenvalue weighted by Gasteiger charge is 2.09. The number of aromatic hydroxyl groups is 2. The van der Waals surface area contributed by atoms with Gasteiger partial charge in [-0.2, -0.15) is 0 Å². The van der Waals surface area contributed by atoms with Gasteiger partial charge in [0.25, 0.3) is 0 Å². The standard InChI is InChI=1S/C15H14O4/c1-10-14(7-4-12(8-16)15(10)18)19-9-11-2-5-13(17)6-3-11/h2-8,17-18H,9H2,1H3. The molecule has 2 aromatic rings. The molecule has 0 radical (unpaired) electrons. The lowest BCUT2D eigenvalue weighted by molar-refractivity contribution is 0.112. The van der Waals surface area contributed by atoms with Crippen molar-refractivity contribution in [2.75, 3.05) is 0 Å². The monoisotopic (exact) mass is 258 g/mol. The van der Waals surface area contributed by atoms with Crippen LogP contribution in [0.15, 0.2) is 36.4 Å². The van der Waals surface area contributed by atoms with E-state index in [1.165, 1.54) is 6.07 Å². The van der Waals surface area contributed by atoms with E-state index in [0.29, 0.717) is 24.2 Å². The molecule has 0 fully saturated rings. The molecule has 2 rings (SSSR count). The van der Waals surface area contributed by atoms with E-state index in [2.05, 4.69) is 0 Å². The molecule has 4 nitrogen and oxygen atoms in total. The van der Waals surface area contributed by atoms with Crippen molar-refractivity contribution < 1.29 is 19.7 Å². The highest BCUT2D eigenvalue weighted by Crippen LogP contribution is 2.30. The predicted octanol–water partition coefficient (Wildman–Crippen LogP) is 2.80. The fourth-order valence-corrected chi connectivity index (χ4v) is 1.71. The highest BCUT2D eigenvalue weighted by atomic mass is 16.5. The van der Waals surface area contributed by atoms with Crippen molar-refractivity contribution in [3.05, 3.63) is 53.1 Å². The third kappa shape index (κ3) is 2.85. The van der Waals surface area contributed by atoms with E-state index in [4.69, 9.17) is 4.74 Å². The average molecular weight is 258 g/mol. The molecule has 0 heterocycles. The molecule has 0 amide bonds. The van der Waals surface area contributed by atoms with Crippen LogP contribution in [-0.2, 0) is 6.61 Å². The van der Waals surface area contributed by atoms with E-state index in [9.17, 15) is 15.0 Å². The van der Waals surface area contributed by atoms with Crippen LogP contribution in [0, 0.1) is 6.92 Å². The zero-order valence-corrected chi connectivity index (χ0v) is 10.5. The molecule has 0 unspecified atom stereocenters. The minimum Gasteiger partial charge on any atom is -0.508 e. The minimum absolute atomic E-state index is 0.0572. The maximum Gasteiger partial charge on any atom is 0.153 e. The van der Waals surface area contributed by atoms with Gasteiger partial charge >= 0.3 is 0 Å². The molecule has 0 saturated heterocycles. The van der Waals surface area contributed by atoms with Gasteiger partial charge in [-0.1, -0.05) is 12.1 Å². The number of aldehydes is 1. The number of carbonyl (C=O) groups is 1. The first-order chi connectivity index (χ1) is 9.11. The summed E-state index contributed by atoms with van der Waals surface area (Å²) in [5, 5.41) is 18.9.